The first-order valence-electron chi connectivity index (χ1n) is 5.63. The molecule has 1 aliphatic heterocycles. The van der Waals surface area contributed by atoms with Crippen molar-refractivity contribution in [1.82, 2.24) is 0 Å². The number of carbonyl (C=O) groups is 1. The quantitative estimate of drug-likeness (QED) is 0.655. The van der Waals surface area contributed by atoms with Crippen LogP contribution in [0.1, 0.15) is 38.5 Å². The molecule has 1 unspecified atom stereocenters. The van der Waals surface area contributed by atoms with E-state index in [1.54, 1.807) is 0 Å². The molecule has 2 fully saturated rings. The molecule has 1 saturated heterocycles. The maximum atomic E-state index is 11.1. The summed E-state index contributed by atoms with van der Waals surface area (Å²) >= 11 is 0. The van der Waals surface area contributed by atoms with Crippen molar-refractivity contribution in [2.24, 2.45) is 0 Å². The van der Waals surface area contributed by atoms with Gasteiger partial charge in [-0.2, -0.15) is 0 Å². The summed E-state index contributed by atoms with van der Waals surface area (Å²) in [5, 5.41) is 0. The Bertz CT molecular complexity index is 233. The second-order valence-corrected chi connectivity index (χ2v) is 4.30. The molecular weight excluding hydrogens is 196 g/mol. The molecule has 4 nitrogen and oxygen atoms in total. The molecule has 0 aromatic heterocycles. The predicted molar refractivity (Wildman–Crippen MR) is 53.3 cm³/mol. The minimum atomic E-state index is -0.378. The Balaban J connectivity index is 1.85. The molecule has 0 aromatic carbocycles. The molecular formula is C11H18O4. The summed E-state index contributed by atoms with van der Waals surface area (Å²) in [4.78, 5) is 11.1. The number of methoxy groups -OCH3 is 1. The first-order valence-corrected chi connectivity index (χ1v) is 5.63. The molecule has 0 radical (unpaired) electrons. The van der Waals surface area contributed by atoms with E-state index in [0.717, 1.165) is 25.7 Å². The summed E-state index contributed by atoms with van der Waals surface area (Å²) in [6.07, 6.45) is 5.69. The second-order valence-electron chi connectivity index (χ2n) is 4.30. The van der Waals surface area contributed by atoms with Crippen LogP contribution < -0.4 is 0 Å². The van der Waals surface area contributed by atoms with Crippen LogP contribution in [-0.4, -0.2) is 31.6 Å². The number of esters is 1. The summed E-state index contributed by atoms with van der Waals surface area (Å²) < 4.78 is 16.2. The summed E-state index contributed by atoms with van der Waals surface area (Å²) in [6, 6.07) is 0. The Kier molecular flexibility index (Phi) is 3.26. The molecule has 1 saturated carbocycles. The van der Waals surface area contributed by atoms with Gasteiger partial charge in [0.2, 0.25) is 0 Å². The molecule has 15 heavy (non-hydrogen) atoms. The fourth-order valence-corrected chi connectivity index (χ4v) is 2.34. The minimum absolute atomic E-state index is 0.115. The summed E-state index contributed by atoms with van der Waals surface area (Å²) in [6.45, 7) is 0.523. The van der Waals surface area contributed by atoms with Gasteiger partial charge in [0.15, 0.2) is 5.79 Å². The Hall–Kier alpha value is -0.610. The molecule has 2 aliphatic rings. The third-order valence-electron chi connectivity index (χ3n) is 3.15. The number of hydrogen-bond acceptors (Lipinski definition) is 4. The fourth-order valence-electron chi connectivity index (χ4n) is 2.34. The van der Waals surface area contributed by atoms with Crippen molar-refractivity contribution in [2.75, 3.05) is 13.7 Å². The van der Waals surface area contributed by atoms with Crippen molar-refractivity contribution in [3.05, 3.63) is 0 Å². The van der Waals surface area contributed by atoms with Crippen LogP contribution in [0.2, 0.25) is 0 Å². The van der Waals surface area contributed by atoms with Gasteiger partial charge in [0.1, 0.15) is 0 Å². The van der Waals surface area contributed by atoms with Gasteiger partial charge >= 0.3 is 5.97 Å². The normalized spacial score (nSPS) is 29.3. The van der Waals surface area contributed by atoms with Gasteiger partial charge in [0.25, 0.3) is 0 Å². The zero-order valence-electron chi connectivity index (χ0n) is 9.16. The molecule has 1 atom stereocenters. The minimum Gasteiger partial charge on any atom is -0.469 e. The number of hydrogen-bond donors (Lipinski definition) is 0. The third kappa shape index (κ3) is 2.49. The van der Waals surface area contributed by atoms with Crippen molar-refractivity contribution < 1.29 is 19.0 Å². The molecule has 1 heterocycles. The van der Waals surface area contributed by atoms with E-state index in [1.165, 1.54) is 13.5 Å². The van der Waals surface area contributed by atoms with Gasteiger partial charge < -0.3 is 14.2 Å². The first kappa shape index (κ1) is 10.9. The molecule has 0 N–H and O–H groups in total. The maximum absolute atomic E-state index is 11.1. The molecule has 1 spiro atoms. The van der Waals surface area contributed by atoms with E-state index in [9.17, 15) is 4.79 Å². The highest BCUT2D eigenvalue weighted by Crippen LogP contribution is 2.38. The van der Waals surface area contributed by atoms with Gasteiger partial charge in [-0.3, -0.25) is 4.79 Å². The van der Waals surface area contributed by atoms with Crippen molar-refractivity contribution in [2.45, 2.75) is 50.4 Å². The Morgan fingerprint density at radius 3 is 2.80 bits per heavy atom. The lowest BCUT2D eigenvalue weighted by Crippen LogP contribution is -2.33. The van der Waals surface area contributed by atoms with Crippen LogP contribution >= 0.6 is 0 Å². The standard InChI is InChI=1S/C11H18O4/c1-13-10(12)7-9-8-14-11(15-9)5-3-2-4-6-11/h9H,2-8H2,1H3. The van der Waals surface area contributed by atoms with Crippen LogP contribution in [-0.2, 0) is 19.0 Å². The van der Waals surface area contributed by atoms with Gasteiger partial charge in [-0.1, -0.05) is 6.42 Å². The Morgan fingerprint density at radius 2 is 2.13 bits per heavy atom. The van der Waals surface area contributed by atoms with E-state index >= 15 is 0 Å². The summed E-state index contributed by atoms with van der Waals surface area (Å²) in [5.74, 6) is -0.604. The lowest BCUT2D eigenvalue weighted by atomic mass is 9.94. The topological polar surface area (TPSA) is 44.8 Å². The van der Waals surface area contributed by atoms with Gasteiger partial charge in [-0.05, 0) is 12.8 Å². The maximum Gasteiger partial charge on any atom is 0.308 e. The smallest absolute Gasteiger partial charge is 0.308 e. The van der Waals surface area contributed by atoms with Crippen LogP contribution in [0.5, 0.6) is 0 Å². The molecule has 0 aromatic rings. The Morgan fingerprint density at radius 1 is 1.40 bits per heavy atom. The monoisotopic (exact) mass is 214 g/mol. The number of ether oxygens (including phenoxy) is 3. The van der Waals surface area contributed by atoms with Crippen molar-refractivity contribution in [3.8, 4) is 0 Å². The van der Waals surface area contributed by atoms with E-state index in [4.69, 9.17) is 9.47 Å². The number of rotatable bonds is 2. The highest BCUT2D eigenvalue weighted by Gasteiger charge is 2.42. The highest BCUT2D eigenvalue weighted by atomic mass is 16.7. The van der Waals surface area contributed by atoms with Gasteiger partial charge in [-0.25, -0.2) is 0 Å². The van der Waals surface area contributed by atoms with Crippen molar-refractivity contribution >= 4 is 5.97 Å². The highest BCUT2D eigenvalue weighted by molar-refractivity contribution is 5.69. The van der Waals surface area contributed by atoms with E-state index < -0.39 is 0 Å². The second kappa shape index (κ2) is 4.49. The Labute approximate surface area is 89.9 Å². The zero-order chi connectivity index (χ0) is 10.7. The van der Waals surface area contributed by atoms with Crippen LogP contribution in [0.3, 0.4) is 0 Å². The van der Waals surface area contributed by atoms with Crippen LogP contribution in [0.25, 0.3) is 0 Å². The molecule has 86 valence electrons. The van der Waals surface area contributed by atoms with Crippen LogP contribution in [0.4, 0.5) is 0 Å². The largest absolute Gasteiger partial charge is 0.469 e. The molecule has 0 amide bonds. The van der Waals surface area contributed by atoms with Crippen molar-refractivity contribution in [3.63, 3.8) is 0 Å². The van der Waals surface area contributed by atoms with Crippen LogP contribution in [0, 0.1) is 0 Å². The van der Waals surface area contributed by atoms with Gasteiger partial charge in [0.05, 0.1) is 26.2 Å². The van der Waals surface area contributed by atoms with Crippen LogP contribution in [0.15, 0.2) is 0 Å². The van der Waals surface area contributed by atoms with Gasteiger partial charge in [-0.15, -0.1) is 0 Å². The lowest BCUT2D eigenvalue weighted by Gasteiger charge is -2.31. The molecule has 1 aliphatic carbocycles. The summed E-state index contributed by atoms with van der Waals surface area (Å²) in [7, 11) is 1.40. The van der Waals surface area contributed by atoms with E-state index in [2.05, 4.69) is 4.74 Å². The molecule has 2 rings (SSSR count). The summed E-state index contributed by atoms with van der Waals surface area (Å²) in [5.41, 5.74) is 0. The average Bonchev–Trinajstić information content (AvgIpc) is 2.62. The number of carbonyl (C=O) groups excluding carboxylic acids is 1. The lowest BCUT2D eigenvalue weighted by molar-refractivity contribution is -0.188. The van der Waals surface area contributed by atoms with E-state index in [1.807, 2.05) is 0 Å². The first-order chi connectivity index (χ1) is 7.24. The third-order valence-corrected chi connectivity index (χ3v) is 3.15. The van der Waals surface area contributed by atoms with E-state index in [-0.39, 0.29) is 17.9 Å². The predicted octanol–water partition coefficient (Wildman–Crippen LogP) is 1.63. The zero-order valence-corrected chi connectivity index (χ0v) is 9.16. The molecule has 4 heteroatoms. The van der Waals surface area contributed by atoms with Crippen molar-refractivity contribution in [1.29, 1.82) is 0 Å². The van der Waals surface area contributed by atoms with E-state index in [0.29, 0.717) is 13.0 Å². The molecule has 0 bridgehead atoms. The fraction of sp³-hybridized carbons (Fsp3) is 0.909. The average molecular weight is 214 g/mol. The SMILES string of the molecule is COC(=O)CC1COC2(CCCCC2)O1. The van der Waals surface area contributed by atoms with Gasteiger partial charge in [0, 0.05) is 12.8 Å².